The molecule has 0 aromatic heterocycles. The highest BCUT2D eigenvalue weighted by Gasteiger charge is 2.45. The number of carbonyl (C=O) groups is 1. The van der Waals surface area contributed by atoms with E-state index in [9.17, 15) is 23.1 Å². The van der Waals surface area contributed by atoms with Crippen LogP contribution in [0, 0.1) is 0 Å². The van der Waals surface area contributed by atoms with E-state index in [1.165, 1.54) is 24.1 Å². The fraction of sp³-hybridized carbons (Fsp3) is 0.417. The number of nitrogens with zero attached hydrogens (tertiary/aromatic N) is 1. The number of para-hydroxylation sites is 1. The fourth-order valence-corrected chi connectivity index (χ4v) is 2.36. The molecule has 0 spiro atoms. The van der Waals surface area contributed by atoms with Crippen LogP contribution in [0.25, 0.3) is 0 Å². The third-order valence-electron chi connectivity index (χ3n) is 3.43. The van der Waals surface area contributed by atoms with Crippen LogP contribution in [0.1, 0.15) is 17.5 Å². The predicted molar refractivity (Wildman–Crippen MR) is 62.8 cm³/mol. The third kappa shape index (κ3) is 2.03. The van der Waals surface area contributed by atoms with Crippen molar-refractivity contribution in [3.05, 3.63) is 29.3 Å². The predicted octanol–water partition coefficient (Wildman–Crippen LogP) is 1.78. The SMILES string of the molecule is CN1CCC(N)(C(=O)O)c2cccc(C(F)(F)F)c21. The van der Waals surface area contributed by atoms with Gasteiger partial charge < -0.3 is 15.7 Å². The summed E-state index contributed by atoms with van der Waals surface area (Å²) in [5.74, 6) is -1.32. The number of hydrogen-bond donors (Lipinski definition) is 2. The molecule has 104 valence electrons. The maximum absolute atomic E-state index is 13.0. The number of aliphatic carboxylic acids is 1. The van der Waals surface area contributed by atoms with Gasteiger partial charge in [-0.1, -0.05) is 12.1 Å². The Morgan fingerprint density at radius 1 is 1.47 bits per heavy atom. The maximum Gasteiger partial charge on any atom is 0.418 e. The molecule has 0 fully saturated rings. The summed E-state index contributed by atoms with van der Waals surface area (Å²) < 4.78 is 39.0. The van der Waals surface area contributed by atoms with E-state index < -0.39 is 23.2 Å². The summed E-state index contributed by atoms with van der Waals surface area (Å²) in [6.07, 6.45) is -4.48. The molecule has 0 aliphatic carbocycles. The number of carboxylic acids is 1. The number of alkyl halides is 3. The second-order valence-corrected chi connectivity index (χ2v) is 4.65. The van der Waals surface area contributed by atoms with Crippen LogP contribution in [0.15, 0.2) is 18.2 Å². The molecule has 0 saturated carbocycles. The zero-order valence-corrected chi connectivity index (χ0v) is 10.2. The molecule has 1 heterocycles. The van der Waals surface area contributed by atoms with Crippen LogP contribution in [-0.4, -0.2) is 24.7 Å². The lowest BCUT2D eigenvalue weighted by atomic mass is 9.81. The second-order valence-electron chi connectivity index (χ2n) is 4.65. The van der Waals surface area contributed by atoms with Crippen LogP contribution in [0.2, 0.25) is 0 Å². The van der Waals surface area contributed by atoms with Gasteiger partial charge in [-0.15, -0.1) is 0 Å². The quantitative estimate of drug-likeness (QED) is 0.819. The van der Waals surface area contributed by atoms with Gasteiger partial charge in [0, 0.05) is 19.2 Å². The van der Waals surface area contributed by atoms with E-state index in [4.69, 9.17) is 5.73 Å². The smallest absolute Gasteiger partial charge is 0.418 e. The summed E-state index contributed by atoms with van der Waals surface area (Å²) in [7, 11) is 1.50. The first-order valence-electron chi connectivity index (χ1n) is 5.62. The van der Waals surface area contributed by atoms with Crippen molar-refractivity contribution >= 4 is 11.7 Å². The van der Waals surface area contributed by atoms with Crippen LogP contribution in [0.4, 0.5) is 18.9 Å². The summed E-state index contributed by atoms with van der Waals surface area (Å²) in [5, 5.41) is 9.20. The molecule has 3 N–H and O–H groups in total. The van der Waals surface area contributed by atoms with Gasteiger partial charge >= 0.3 is 12.1 Å². The first-order chi connectivity index (χ1) is 8.68. The van der Waals surface area contributed by atoms with E-state index in [1.807, 2.05) is 0 Å². The monoisotopic (exact) mass is 274 g/mol. The van der Waals surface area contributed by atoms with Gasteiger partial charge in [0.15, 0.2) is 0 Å². The number of benzene rings is 1. The molecule has 0 bridgehead atoms. The fourth-order valence-electron chi connectivity index (χ4n) is 2.36. The molecular formula is C12H13F3N2O2. The highest BCUT2D eigenvalue weighted by atomic mass is 19.4. The molecule has 4 nitrogen and oxygen atoms in total. The summed E-state index contributed by atoms with van der Waals surface area (Å²) >= 11 is 0. The minimum absolute atomic E-state index is 0.00331. The van der Waals surface area contributed by atoms with Gasteiger partial charge in [-0.05, 0) is 12.5 Å². The van der Waals surface area contributed by atoms with E-state index >= 15 is 0 Å². The van der Waals surface area contributed by atoms with Gasteiger partial charge in [-0.3, -0.25) is 0 Å². The van der Waals surface area contributed by atoms with Crippen molar-refractivity contribution < 1.29 is 23.1 Å². The van der Waals surface area contributed by atoms with Crippen molar-refractivity contribution in [3.8, 4) is 0 Å². The summed E-state index contributed by atoms with van der Waals surface area (Å²) in [4.78, 5) is 12.7. The van der Waals surface area contributed by atoms with Gasteiger partial charge in [-0.2, -0.15) is 13.2 Å². The molecule has 1 aliphatic rings. The second kappa shape index (κ2) is 4.12. The molecular weight excluding hydrogens is 261 g/mol. The lowest BCUT2D eigenvalue weighted by Gasteiger charge is -2.39. The number of anilines is 1. The minimum atomic E-state index is -4.55. The number of fused-ring (bicyclic) bond motifs is 1. The van der Waals surface area contributed by atoms with Crippen molar-refractivity contribution in [2.45, 2.75) is 18.1 Å². The molecule has 0 radical (unpaired) electrons. The normalized spacial score (nSPS) is 23.1. The van der Waals surface area contributed by atoms with Gasteiger partial charge in [0.05, 0.1) is 11.3 Å². The van der Waals surface area contributed by atoms with E-state index in [2.05, 4.69) is 0 Å². The highest BCUT2D eigenvalue weighted by Crippen LogP contribution is 2.44. The lowest BCUT2D eigenvalue weighted by Crippen LogP contribution is -2.51. The number of rotatable bonds is 1. The van der Waals surface area contributed by atoms with Crippen molar-refractivity contribution in [1.29, 1.82) is 0 Å². The standard InChI is InChI=1S/C12H13F3N2O2/c1-17-6-5-11(16,10(18)19)7-3-2-4-8(9(7)17)12(13,14)15/h2-4H,5-6,16H2,1H3,(H,18,19). The van der Waals surface area contributed by atoms with Crippen molar-refractivity contribution in [1.82, 2.24) is 0 Å². The third-order valence-corrected chi connectivity index (χ3v) is 3.43. The van der Waals surface area contributed by atoms with Crippen LogP contribution in [-0.2, 0) is 16.5 Å². The number of hydrogen-bond acceptors (Lipinski definition) is 3. The number of nitrogens with two attached hydrogens (primary N) is 1. The van der Waals surface area contributed by atoms with Crippen molar-refractivity contribution in [2.24, 2.45) is 5.73 Å². The van der Waals surface area contributed by atoms with Crippen molar-refractivity contribution in [2.75, 3.05) is 18.5 Å². The zero-order chi connectivity index (χ0) is 14.4. The molecule has 1 atom stereocenters. The van der Waals surface area contributed by atoms with Gasteiger partial charge in [-0.25, -0.2) is 4.79 Å². The average molecular weight is 274 g/mol. The van der Waals surface area contributed by atoms with Crippen LogP contribution in [0.5, 0.6) is 0 Å². The number of halogens is 3. The molecule has 1 aromatic rings. The molecule has 1 aromatic carbocycles. The van der Waals surface area contributed by atoms with E-state index in [0.29, 0.717) is 0 Å². The van der Waals surface area contributed by atoms with Gasteiger partial charge in [0.1, 0.15) is 5.54 Å². The maximum atomic E-state index is 13.0. The zero-order valence-electron chi connectivity index (χ0n) is 10.2. The topological polar surface area (TPSA) is 66.6 Å². The Morgan fingerprint density at radius 3 is 2.63 bits per heavy atom. The van der Waals surface area contributed by atoms with Crippen LogP contribution < -0.4 is 10.6 Å². The molecule has 19 heavy (non-hydrogen) atoms. The average Bonchev–Trinajstić information content (AvgIpc) is 2.32. The molecule has 1 unspecified atom stereocenters. The lowest BCUT2D eigenvalue weighted by molar-refractivity contribution is -0.144. The van der Waals surface area contributed by atoms with Gasteiger partial charge in [0.25, 0.3) is 0 Å². The first kappa shape index (κ1) is 13.7. The Labute approximate surface area is 107 Å². The summed E-state index contributed by atoms with van der Waals surface area (Å²) in [5.41, 5.74) is 3.02. The molecule has 2 rings (SSSR count). The molecule has 1 aliphatic heterocycles. The molecule has 7 heteroatoms. The van der Waals surface area contributed by atoms with E-state index in [1.54, 1.807) is 0 Å². The van der Waals surface area contributed by atoms with Crippen LogP contribution >= 0.6 is 0 Å². The van der Waals surface area contributed by atoms with Gasteiger partial charge in [0.2, 0.25) is 0 Å². The highest BCUT2D eigenvalue weighted by molar-refractivity contribution is 5.85. The first-order valence-corrected chi connectivity index (χ1v) is 5.62. The number of carboxylic acid groups (broad SMARTS) is 1. The largest absolute Gasteiger partial charge is 0.480 e. The van der Waals surface area contributed by atoms with E-state index in [-0.39, 0.29) is 24.2 Å². The van der Waals surface area contributed by atoms with Crippen molar-refractivity contribution in [3.63, 3.8) is 0 Å². The Balaban J connectivity index is 2.72. The summed E-state index contributed by atoms with van der Waals surface area (Å²) in [6.45, 7) is 0.156. The Morgan fingerprint density at radius 2 is 2.11 bits per heavy atom. The van der Waals surface area contributed by atoms with E-state index in [0.717, 1.165) is 6.07 Å². The van der Waals surface area contributed by atoms with Crippen LogP contribution in [0.3, 0.4) is 0 Å². The molecule has 0 amide bonds. The minimum Gasteiger partial charge on any atom is -0.480 e. The Hall–Kier alpha value is -1.76. The summed E-state index contributed by atoms with van der Waals surface area (Å²) in [6, 6.07) is 3.46. The molecule has 0 saturated heterocycles. The Bertz CT molecular complexity index is 530. The Kier molecular flexibility index (Phi) is 2.97.